The monoisotopic (exact) mass is 271 g/mol. The minimum atomic E-state index is -0.179. The number of methoxy groups -OCH3 is 1. The lowest BCUT2D eigenvalue weighted by Crippen LogP contribution is -2.23. The Kier molecular flexibility index (Phi) is 4.20. The van der Waals surface area contributed by atoms with Gasteiger partial charge in [-0.15, -0.1) is 0 Å². The Bertz CT molecular complexity index is 609. The number of nitrogens with zero attached hydrogens (tertiary/aromatic N) is 1. The van der Waals surface area contributed by atoms with E-state index in [-0.39, 0.29) is 5.91 Å². The molecule has 2 aromatic rings. The Balaban J connectivity index is 2.06. The van der Waals surface area contributed by atoms with Crippen LogP contribution in [-0.4, -0.2) is 18.0 Å². The van der Waals surface area contributed by atoms with Crippen LogP contribution in [0.4, 0.5) is 5.69 Å². The number of nitrogens with one attached hydrogen (secondary N) is 1. The van der Waals surface area contributed by atoms with Crippen LogP contribution in [0, 0.1) is 6.92 Å². The standard InChI is InChI=1S/C15H17N3O2/c1-10-3-4-11(8-17-10)15(19)18-9-12-7-13(16)5-6-14(12)20-2/h3-8H,9,16H2,1-2H3,(H,18,19). The number of ether oxygens (including phenoxy) is 1. The zero-order valence-electron chi connectivity index (χ0n) is 11.5. The summed E-state index contributed by atoms with van der Waals surface area (Å²) in [6, 6.07) is 8.87. The predicted octanol–water partition coefficient (Wildman–Crippen LogP) is 1.91. The lowest BCUT2D eigenvalue weighted by atomic mass is 10.1. The van der Waals surface area contributed by atoms with Crippen LogP contribution in [0.1, 0.15) is 21.6 Å². The fourth-order valence-electron chi connectivity index (χ4n) is 1.82. The molecular formula is C15H17N3O2. The molecule has 0 aliphatic rings. The second kappa shape index (κ2) is 6.06. The fraction of sp³-hybridized carbons (Fsp3) is 0.200. The van der Waals surface area contributed by atoms with Gasteiger partial charge in [-0.25, -0.2) is 0 Å². The summed E-state index contributed by atoms with van der Waals surface area (Å²) in [4.78, 5) is 16.1. The molecule has 1 heterocycles. The zero-order valence-corrected chi connectivity index (χ0v) is 11.5. The second-order valence-electron chi connectivity index (χ2n) is 4.44. The Morgan fingerprint density at radius 3 is 2.80 bits per heavy atom. The molecule has 1 amide bonds. The lowest BCUT2D eigenvalue weighted by molar-refractivity contribution is 0.0950. The highest BCUT2D eigenvalue weighted by atomic mass is 16.5. The Labute approximate surface area is 117 Å². The minimum absolute atomic E-state index is 0.179. The number of hydrogen-bond donors (Lipinski definition) is 2. The molecule has 0 saturated heterocycles. The molecule has 2 rings (SSSR count). The van der Waals surface area contributed by atoms with E-state index in [0.29, 0.717) is 23.5 Å². The predicted molar refractivity (Wildman–Crippen MR) is 77.6 cm³/mol. The number of carbonyl (C=O) groups is 1. The molecule has 0 aliphatic carbocycles. The SMILES string of the molecule is COc1ccc(N)cc1CNC(=O)c1ccc(C)nc1. The van der Waals surface area contributed by atoms with Crippen molar-refractivity contribution < 1.29 is 9.53 Å². The molecule has 3 N–H and O–H groups in total. The van der Waals surface area contributed by atoms with Crippen molar-refractivity contribution in [1.29, 1.82) is 0 Å². The number of nitrogen functional groups attached to an aromatic ring is 1. The summed E-state index contributed by atoms with van der Waals surface area (Å²) in [5.41, 5.74) is 8.60. The van der Waals surface area contributed by atoms with Gasteiger partial charge in [-0.05, 0) is 37.3 Å². The van der Waals surface area contributed by atoms with Crippen LogP contribution in [0.2, 0.25) is 0 Å². The highest BCUT2D eigenvalue weighted by Gasteiger charge is 2.08. The highest BCUT2D eigenvalue weighted by molar-refractivity contribution is 5.93. The van der Waals surface area contributed by atoms with Gasteiger partial charge in [0.15, 0.2) is 0 Å². The highest BCUT2D eigenvalue weighted by Crippen LogP contribution is 2.20. The van der Waals surface area contributed by atoms with E-state index >= 15 is 0 Å². The summed E-state index contributed by atoms with van der Waals surface area (Å²) in [5.74, 6) is 0.517. The Morgan fingerprint density at radius 2 is 2.15 bits per heavy atom. The van der Waals surface area contributed by atoms with Crippen molar-refractivity contribution in [3.05, 3.63) is 53.3 Å². The van der Waals surface area contributed by atoms with Crippen LogP contribution in [0.3, 0.4) is 0 Å². The third kappa shape index (κ3) is 3.26. The average molecular weight is 271 g/mol. The van der Waals surface area contributed by atoms with E-state index in [1.807, 2.05) is 6.92 Å². The average Bonchev–Trinajstić information content (AvgIpc) is 2.45. The first-order valence-electron chi connectivity index (χ1n) is 6.23. The summed E-state index contributed by atoms with van der Waals surface area (Å²) in [7, 11) is 1.58. The molecule has 1 aromatic carbocycles. The summed E-state index contributed by atoms with van der Waals surface area (Å²) >= 11 is 0. The largest absolute Gasteiger partial charge is 0.496 e. The van der Waals surface area contributed by atoms with Gasteiger partial charge in [0.05, 0.1) is 12.7 Å². The van der Waals surface area contributed by atoms with Crippen LogP contribution in [0.25, 0.3) is 0 Å². The summed E-state index contributed by atoms with van der Waals surface area (Å²) in [6.07, 6.45) is 1.56. The van der Waals surface area contributed by atoms with E-state index in [4.69, 9.17) is 10.5 Å². The van der Waals surface area contributed by atoms with E-state index in [1.54, 1.807) is 43.6 Å². The molecule has 5 nitrogen and oxygen atoms in total. The number of amides is 1. The number of carbonyl (C=O) groups excluding carboxylic acids is 1. The lowest BCUT2D eigenvalue weighted by Gasteiger charge is -2.10. The van der Waals surface area contributed by atoms with Crippen LogP contribution >= 0.6 is 0 Å². The topological polar surface area (TPSA) is 77.2 Å². The Hall–Kier alpha value is -2.56. The number of aryl methyl sites for hydroxylation is 1. The van der Waals surface area contributed by atoms with Crippen molar-refractivity contribution in [3.8, 4) is 5.75 Å². The van der Waals surface area contributed by atoms with E-state index in [0.717, 1.165) is 11.3 Å². The van der Waals surface area contributed by atoms with Gasteiger partial charge < -0.3 is 15.8 Å². The van der Waals surface area contributed by atoms with Gasteiger partial charge in [0.1, 0.15) is 5.75 Å². The van der Waals surface area contributed by atoms with Crippen molar-refractivity contribution in [2.45, 2.75) is 13.5 Å². The van der Waals surface area contributed by atoms with Gasteiger partial charge in [-0.3, -0.25) is 9.78 Å². The Morgan fingerprint density at radius 1 is 1.35 bits per heavy atom. The molecule has 20 heavy (non-hydrogen) atoms. The van der Waals surface area contributed by atoms with Crippen molar-refractivity contribution in [2.24, 2.45) is 0 Å². The van der Waals surface area contributed by atoms with E-state index < -0.39 is 0 Å². The van der Waals surface area contributed by atoms with Gasteiger partial charge >= 0.3 is 0 Å². The first kappa shape index (κ1) is 13.9. The summed E-state index contributed by atoms with van der Waals surface area (Å²) in [6.45, 7) is 2.22. The minimum Gasteiger partial charge on any atom is -0.496 e. The van der Waals surface area contributed by atoms with E-state index in [9.17, 15) is 4.79 Å². The smallest absolute Gasteiger partial charge is 0.253 e. The molecule has 104 valence electrons. The van der Waals surface area contributed by atoms with Crippen LogP contribution < -0.4 is 15.8 Å². The molecule has 0 atom stereocenters. The van der Waals surface area contributed by atoms with Crippen LogP contribution in [0.5, 0.6) is 5.75 Å². The molecule has 0 saturated carbocycles. The van der Waals surface area contributed by atoms with Crippen molar-refractivity contribution in [2.75, 3.05) is 12.8 Å². The number of benzene rings is 1. The molecule has 0 spiro atoms. The maximum absolute atomic E-state index is 12.0. The molecule has 0 aliphatic heterocycles. The third-order valence-corrected chi connectivity index (χ3v) is 2.92. The summed E-state index contributed by atoms with van der Waals surface area (Å²) < 4.78 is 5.23. The van der Waals surface area contributed by atoms with Gasteiger partial charge in [0, 0.05) is 29.7 Å². The molecule has 0 bridgehead atoms. The molecule has 0 fully saturated rings. The molecule has 5 heteroatoms. The fourth-order valence-corrected chi connectivity index (χ4v) is 1.82. The van der Waals surface area contributed by atoms with Gasteiger partial charge in [-0.1, -0.05) is 0 Å². The van der Waals surface area contributed by atoms with Crippen molar-refractivity contribution in [3.63, 3.8) is 0 Å². The number of pyridine rings is 1. The van der Waals surface area contributed by atoms with Crippen LogP contribution in [0.15, 0.2) is 36.5 Å². The zero-order chi connectivity index (χ0) is 14.5. The third-order valence-electron chi connectivity index (χ3n) is 2.92. The molecule has 1 aromatic heterocycles. The number of rotatable bonds is 4. The first-order valence-corrected chi connectivity index (χ1v) is 6.23. The number of hydrogen-bond acceptors (Lipinski definition) is 4. The number of anilines is 1. The maximum atomic E-state index is 12.0. The summed E-state index contributed by atoms with van der Waals surface area (Å²) in [5, 5.41) is 2.82. The molecule has 0 radical (unpaired) electrons. The molecular weight excluding hydrogens is 254 g/mol. The number of nitrogens with two attached hydrogens (primary N) is 1. The molecule has 0 unspecified atom stereocenters. The quantitative estimate of drug-likeness (QED) is 0.833. The van der Waals surface area contributed by atoms with Crippen molar-refractivity contribution >= 4 is 11.6 Å². The van der Waals surface area contributed by atoms with E-state index in [1.165, 1.54) is 0 Å². The number of aromatic nitrogens is 1. The second-order valence-corrected chi connectivity index (χ2v) is 4.44. The normalized spacial score (nSPS) is 10.1. The van der Waals surface area contributed by atoms with Crippen LogP contribution in [-0.2, 0) is 6.54 Å². The van der Waals surface area contributed by atoms with Gasteiger partial charge in [0.25, 0.3) is 5.91 Å². The van der Waals surface area contributed by atoms with Crippen molar-refractivity contribution in [1.82, 2.24) is 10.3 Å². The van der Waals surface area contributed by atoms with E-state index in [2.05, 4.69) is 10.3 Å². The first-order chi connectivity index (χ1) is 9.60. The van der Waals surface area contributed by atoms with Gasteiger partial charge in [-0.2, -0.15) is 0 Å². The van der Waals surface area contributed by atoms with Gasteiger partial charge in [0.2, 0.25) is 0 Å². The maximum Gasteiger partial charge on any atom is 0.253 e.